The molecular weight excluding hydrogens is 270 g/mol. The van der Waals surface area contributed by atoms with Crippen molar-refractivity contribution in [3.63, 3.8) is 0 Å². The van der Waals surface area contributed by atoms with Gasteiger partial charge in [0.2, 0.25) is 0 Å². The third-order valence-corrected chi connectivity index (χ3v) is 4.75. The third kappa shape index (κ3) is 2.97. The van der Waals surface area contributed by atoms with E-state index in [-0.39, 0.29) is 17.5 Å². The first kappa shape index (κ1) is 15.6. The number of phenolic OH excluding ortho intramolecular Hbond substituents is 2. The Morgan fingerprint density at radius 3 is 2.76 bits per heavy atom. The van der Waals surface area contributed by atoms with Gasteiger partial charge in [-0.2, -0.15) is 0 Å². The van der Waals surface area contributed by atoms with E-state index >= 15 is 0 Å². The lowest BCUT2D eigenvalue weighted by Gasteiger charge is -2.42. The number of piperidine rings is 1. The number of aromatic hydroxyl groups is 2. The number of nitrogens with zero attached hydrogens (tertiary/aromatic N) is 1. The molecule has 2 rings (SSSR count). The van der Waals surface area contributed by atoms with Gasteiger partial charge in [-0.3, -0.25) is 9.69 Å². The Bertz CT molecular complexity index is 531. The van der Waals surface area contributed by atoms with Crippen LogP contribution in [0.4, 0.5) is 0 Å². The van der Waals surface area contributed by atoms with Crippen LogP contribution in [-0.4, -0.2) is 39.3 Å². The zero-order chi connectivity index (χ0) is 15.6. The van der Waals surface area contributed by atoms with Gasteiger partial charge in [-0.15, -0.1) is 0 Å². The fraction of sp³-hybridized carbons (Fsp3) is 0.562. The highest BCUT2D eigenvalue weighted by Crippen LogP contribution is 2.39. The molecule has 1 heterocycles. The topological polar surface area (TPSA) is 81.0 Å². The lowest BCUT2D eigenvalue weighted by Crippen LogP contribution is -2.48. The number of rotatable bonds is 4. The van der Waals surface area contributed by atoms with Crippen LogP contribution < -0.4 is 0 Å². The highest BCUT2D eigenvalue weighted by Gasteiger charge is 2.42. The van der Waals surface area contributed by atoms with Crippen LogP contribution in [0.3, 0.4) is 0 Å². The number of carboxylic acids is 1. The smallest absolute Gasteiger partial charge is 0.310 e. The number of phenols is 2. The summed E-state index contributed by atoms with van der Waals surface area (Å²) in [5.74, 6) is -0.517. The van der Waals surface area contributed by atoms with E-state index in [1.54, 1.807) is 6.07 Å². The molecule has 0 amide bonds. The molecule has 1 aromatic carbocycles. The predicted octanol–water partition coefficient (Wildman–Crippen LogP) is 2.74. The molecule has 0 bridgehead atoms. The Labute approximate surface area is 124 Å². The second kappa shape index (κ2) is 5.93. The zero-order valence-electron chi connectivity index (χ0n) is 12.5. The molecule has 5 nitrogen and oxygen atoms in total. The van der Waals surface area contributed by atoms with Gasteiger partial charge in [-0.25, -0.2) is 0 Å². The highest BCUT2D eigenvalue weighted by molar-refractivity contribution is 5.75. The normalized spacial score (nSPS) is 24.7. The van der Waals surface area contributed by atoms with Crippen molar-refractivity contribution in [2.24, 2.45) is 5.41 Å². The van der Waals surface area contributed by atoms with Crippen LogP contribution in [-0.2, 0) is 4.79 Å². The van der Waals surface area contributed by atoms with Gasteiger partial charge in [0.1, 0.15) is 11.5 Å². The largest absolute Gasteiger partial charge is 0.508 e. The van der Waals surface area contributed by atoms with Crippen LogP contribution in [0.25, 0.3) is 0 Å². The molecule has 0 aromatic heterocycles. The van der Waals surface area contributed by atoms with Gasteiger partial charge in [-0.1, -0.05) is 6.92 Å². The summed E-state index contributed by atoms with van der Waals surface area (Å²) in [7, 11) is 0. The van der Waals surface area contributed by atoms with Gasteiger partial charge >= 0.3 is 5.97 Å². The van der Waals surface area contributed by atoms with Crippen LogP contribution in [0.1, 0.15) is 44.7 Å². The van der Waals surface area contributed by atoms with Gasteiger partial charge in [0.05, 0.1) is 5.41 Å². The lowest BCUT2D eigenvalue weighted by molar-refractivity contribution is -0.153. The summed E-state index contributed by atoms with van der Waals surface area (Å²) in [5.41, 5.74) is -0.0776. The number of hydrogen-bond donors (Lipinski definition) is 3. The SMILES string of the molecule is CCC1(C(=O)O)CCCN(C(C)c2cc(O)ccc2O)C1. The number of carboxylic acid groups (broad SMARTS) is 1. The van der Waals surface area contributed by atoms with E-state index < -0.39 is 11.4 Å². The maximum absolute atomic E-state index is 11.6. The summed E-state index contributed by atoms with van der Waals surface area (Å²) in [5, 5.41) is 29.1. The van der Waals surface area contributed by atoms with Crippen LogP contribution in [0, 0.1) is 5.41 Å². The maximum Gasteiger partial charge on any atom is 0.310 e. The number of aliphatic carboxylic acids is 1. The van der Waals surface area contributed by atoms with Crippen LogP contribution in [0.15, 0.2) is 18.2 Å². The Morgan fingerprint density at radius 1 is 1.43 bits per heavy atom. The van der Waals surface area contributed by atoms with E-state index in [0.29, 0.717) is 24.9 Å². The van der Waals surface area contributed by atoms with E-state index in [2.05, 4.69) is 4.90 Å². The van der Waals surface area contributed by atoms with Crippen LogP contribution >= 0.6 is 0 Å². The highest BCUT2D eigenvalue weighted by atomic mass is 16.4. The molecule has 0 saturated carbocycles. The first-order valence-corrected chi connectivity index (χ1v) is 7.39. The van der Waals surface area contributed by atoms with Gasteiger partial charge in [0.25, 0.3) is 0 Å². The van der Waals surface area contributed by atoms with Crippen molar-refractivity contribution in [3.05, 3.63) is 23.8 Å². The summed E-state index contributed by atoms with van der Waals surface area (Å²) in [6, 6.07) is 4.32. The third-order valence-electron chi connectivity index (χ3n) is 4.75. The molecule has 1 aromatic rings. The number of hydrogen-bond acceptors (Lipinski definition) is 4. The molecule has 1 fully saturated rings. The Kier molecular flexibility index (Phi) is 4.42. The lowest BCUT2D eigenvalue weighted by atomic mass is 9.77. The molecule has 0 spiro atoms. The van der Waals surface area contributed by atoms with Gasteiger partial charge < -0.3 is 15.3 Å². The van der Waals surface area contributed by atoms with Crippen molar-refractivity contribution in [1.29, 1.82) is 0 Å². The molecule has 5 heteroatoms. The number of benzene rings is 1. The van der Waals surface area contributed by atoms with E-state index in [1.807, 2.05) is 13.8 Å². The Morgan fingerprint density at radius 2 is 2.14 bits per heavy atom. The molecule has 2 unspecified atom stereocenters. The summed E-state index contributed by atoms with van der Waals surface area (Å²) >= 11 is 0. The molecule has 1 aliphatic rings. The molecule has 2 atom stereocenters. The van der Waals surface area contributed by atoms with E-state index in [0.717, 1.165) is 13.0 Å². The molecule has 0 aliphatic carbocycles. The van der Waals surface area contributed by atoms with E-state index in [4.69, 9.17) is 0 Å². The average Bonchev–Trinajstić information content (AvgIpc) is 2.48. The van der Waals surface area contributed by atoms with Crippen molar-refractivity contribution in [3.8, 4) is 11.5 Å². The summed E-state index contributed by atoms with van der Waals surface area (Å²) in [4.78, 5) is 13.7. The zero-order valence-corrected chi connectivity index (χ0v) is 12.5. The Hall–Kier alpha value is -1.75. The van der Waals surface area contributed by atoms with Crippen LogP contribution in [0.5, 0.6) is 11.5 Å². The second-order valence-electron chi connectivity index (χ2n) is 5.93. The minimum atomic E-state index is -0.748. The summed E-state index contributed by atoms with van der Waals surface area (Å²) in [6.45, 7) is 5.11. The van der Waals surface area contributed by atoms with Gasteiger partial charge in [-0.05, 0) is 50.9 Å². The molecule has 1 saturated heterocycles. The Balaban J connectivity index is 2.25. The fourth-order valence-corrected chi connectivity index (χ4v) is 3.19. The van der Waals surface area contributed by atoms with Crippen molar-refractivity contribution >= 4 is 5.97 Å². The van der Waals surface area contributed by atoms with Crippen molar-refractivity contribution < 1.29 is 20.1 Å². The van der Waals surface area contributed by atoms with Crippen LogP contribution in [0.2, 0.25) is 0 Å². The average molecular weight is 293 g/mol. The maximum atomic E-state index is 11.6. The number of carbonyl (C=O) groups is 1. The molecule has 1 aliphatic heterocycles. The minimum Gasteiger partial charge on any atom is -0.508 e. The first-order valence-electron chi connectivity index (χ1n) is 7.39. The quantitative estimate of drug-likeness (QED) is 0.744. The van der Waals surface area contributed by atoms with Crippen molar-refractivity contribution in [2.45, 2.75) is 39.2 Å². The van der Waals surface area contributed by atoms with E-state index in [9.17, 15) is 20.1 Å². The minimum absolute atomic E-state index is 0.103. The fourth-order valence-electron chi connectivity index (χ4n) is 3.19. The van der Waals surface area contributed by atoms with Gasteiger partial charge in [0, 0.05) is 18.2 Å². The molecule has 21 heavy (non-hydrogen) atoms. The van der Waals surface area contributed by atoms with Crippen molar-refractivity contribution in [1.82, 2.24) is 4.90 Å². The molecule has 0 radical (unpaired) electrons. The summed E-state index contributed by atoms with van der Waals surface area (Å²) < 4.78 is 0. The first-order chi connectivity index (χ1) is 9.89. The number of likely N-dealkylation sites (tertiary alicyclic amines) is 1. The predicted molar refractivity (Wildman–Crippen MR) is 79.4 cm³/mol. The second-order valence-corrected chi connectivity index (χ2v) is 5.93. The molecule has 3 N–H and O–H groups in total. The standard InChI is InChI=1S/C16H23NO4/c1-3-16(15(20)21)7-4-8-17(10-16)11(2)13-9-12(18)5-6-14(13)19/h5-6,9,11,18-19H,3-4,7-8,10H2,1-2H3,(H,20,21). The van der Waals surface area contributed by atoms with E-state index in [1.165, 1.54) is 12.1 Å². The summed E-state index contributed by atoms with van der Waals surface area (Å²) in [6.07, 6.45) is 2.11. The molecule has 116 valence electrons. The van der Waals surface area contributed by atoms with Gasteiger partial charge in [0.15, 0.2) is 0 Å². The van der Waals surface area contributed by atoms with Crippen molar-refractivity contribution in [2.75, 3.05) is 13.1 Å². The monoisotopic (exact) mass is 293 g/mol. The molecular formula is C16H23NO4.